The number of aromatic nitrogens is 2. The molecule has 2 aromatic rings. The minimum atomic E-state index is 0. The monoisotopic (exact) mass is 442 g/mol. The van der Waals surface area contributed by atoms with Crippen LogP contribution >= 0.6 is 0 Å². The Morgan fingerprint density at radius 1 is 0.850 bits per heavy atom. The van der Waals surface area contributed by atoms with Gasteiger partial charge in [0, 0.05) is 44.9 Å². The molecule has 0 N–H and O–H groups in total. The van der Waals surface area contributed by atoms with Crippen molar-refractivity contribution in [2.45, 2.75) is 13.8 Å². The van der Waals surface area contributed by atoms with E-state index in [2.05, 4.69) is 35.9 Å². The summed E-state index contributed by atoms with van der Waals surface area (Å²) in [6, 6.07) is 8.00. The van der Waals surface area contributed by atoms with Gasteiger partial charge < -0.3 is 9.62 Å². The zero-order valence-electron chi connectivity index (χ0n) is 11.3. The van der Waals surface area contributed by atoms with E-state index < -0.39 is 0 Å². The van der Waals surface area contributed by atoms with Gasteiger partial charge in [0.15, 0.2) is 0 Å². The average Bonchev–Trinajstić information content (AvgIpc) is 2.89. The number of aryl methyl sites for hydroxylation is 2. The molecule has 2 aromatic heterocycles. The number of pyridine rings is 2. The van der Waals surface area contributed by atoms with Crippen LogP contribution in [0.4, 0.5) is 11.6 Å². The van der Waals surface area contributed by atoms with Crippen LogP contribution in [0.5, 0.6) is 0 Å². The molecule has 3 heterocycles. The normalized spacial score (nSPS) is 13.1. The fourth-order valence-corrected chi connectivity index (χ4v) is 2.10. The molecule has 0 aromatic carbocycles. The predicted octanol–water partition coefficient (Wildman–Crippen LogP) is 2.42. The Labute approximate surface area is 133 Å². The fraction of sp³-hybridized carbons (Fsp3) is 0.143. The third-order valence-corrected chi connectivity index (χ3v) is 3.09. The maximum absolute atomic E-state index is 4.41. The molecule has 0 unspecified atom stereocenters. The standard InChI is InChI=1S/C14H14BN4.Ir/c1-11-5-3-7-16-13(11)18-9-10-19(15-18)14-12(2)6-4-8-17-14;/h3-10H,1-2H3;. The first-order chi connectivity index (χ1) is 9.25. The summed E-state index contributed by atoms with van der Waals surface area (Å²) in [6.45, 7) is 4.11. The molecule has 0 amide bonds. The van der Waals surface area contributed by atoms with Crippen molar-refractivity contribution in [3.8, 4) is 0 Å². The Balaban J connectivity index is 0.00000147. The first-order valence-electron chi connectivity index (χ1n) is 6.19. The minimum absolute atomic E-state index is 0. The molecule has 6 heteroatoms. The fourth-order valence-electron chi connectivity index (χ4n) is 2.10. The number of anilines is 2. The predicted molar refractivity (Wildman–Crippen MR) is 77.8 cm³/mol. The van der Waals surface area contributed by atoms with Crippen molar-refractivity contribution >= 4 is 19.2 Å². The van der Waals surface area contributed by atoms with Crippen molar-refractivity contribution in [2.24, 2.45) is 0 Å². The molecule has 2 radical (unpaired) electrons. The van der Waals surface area contributed by atoms with Crippen LogP contribution in [0.3, 0.4) is 0 Å². The van der Waals surface area contributed by atoms with E-state index in [0.717, 1.165) is 22.8 Å². The molecular formula is C14H14BIrN4. The van der Waals surface area contributed by atoms with Crippen molar-refractivity contribution in [3.63, 3.8) is 0 Å². The molecule has 0 saturated carbocycles. The molecule has 4 nitrogen and oxygen atoms in total. The zero-order chi connectivity index (χ0) is 13.2. The van der Waals surface area contributed by atoms with Crippen molar-refractivity contribution < 1.29 is 20.1 Å². The number of hydrogen-bond acceptors (Lipinski definition) is 4. The Morgan fingerprint density at radius 2 is 1.30 bits per heavy atom. The molecule has 0 atom stereocenters. The summed E-state index contributed by atoms with van der Waals surface area (Å²) in [6.07, 6.45) is 7.59. The van der Waals surface area contributed by atoms with Crippen LogP contribution in [0.15, 0.2) is 49.1 Å². The van der Waals surface area contributed by atoms with Gasteiger partial charge in [-0.25, -0.2) is 9.97 Å². The number of hydrogen-bond donors (Lipinski definition) is 0. The van der Waals surface area contributed by atoms with Crippen LogP contribution in [0, 0.1) is 13.8 Å². The van der Waals surface area contributed by atoms with Crippen molar-refractivity contribution in [3.05, 3.63) is 60.2 Å². The van der Waals surface area contributed by atoms with E-state index in [1.54, 1.807) is 12.4 Å². The molecule has 20 heavy (non-hydrogen) atoms. The van der Waals surface area contributed by atoms with E-state index in [-0.39, 0.29) is 20.1 Å². The van der Waals surface area contributed by atoms with Gasteiger partial charge in [0.05, 0.1) is 0 Å². The summed E-state index contributed by atoms with van der Waals surface area (Å²) in [5.74, 6) is 1.88. The van der Waals surface area contributed by atoms with E-state index in [9.17, 15) is 0 Å². The van der Waals surface area contributed by atoms with Gasteiger partial charge in [-0.2, -0.15) is 0 Å². The van der Waals surface area contributed by atoms with Gasteiger partial charge in [0.25, 0.3) is 0 Å². The minimum Gasteiger partial charge on any atom is -0.358 e. The van der Waals surface area contributed by atoms with Crippen LogP contribution in [0.25, 0.3) is 0 Å². The number of rotatable bonds is 2. The summed E-state index contributed by atoms with van der Waals surface area (Å²) < 4.78 is 0. The summed E-state index contributed by atoms with van der Waals surface area (Å²) in [5, 5.41) is 0. The molecule has 1 aliphatic heterocycles. The maximum Gasteiger partial charge on any atom is 0.402 e. The van der Waals surface area contributed by atoms with E-state index in [1.807, 2.05) is 41.7 Å². The molecule has 0 bridgehead atoms. The largest absolute Gasteiger partial charge is 0.402 e. The third kappa shape index (κ3) is 2.76. The van der Waals surface area contributed by atoms with E-state index in [4.69, 9.17) is 0 Å². The smallest absolute Gasteiger partial charge is 0.358 e. The number of nitrogens with zero attached hydrogens (tertiary/aromatic N) is 4. The van der Waals surface area contributed by atoms with E-state index in [1.165, 1.54) is 0 Å². The van der Waals surface area contributed by atoms with E-state index in [0.29, 0.717) is 0 Å². The average molecular weight is 441 g/mol. The Bertz CT molecular complexity index is 579. The molecule has 0 saturated heterocycles. The Kier molecular flexibility index (Phi) is 4.58. The molecule has 0 spiro atoms. The van der Waals surface area contributed by atoms with Gasteiger partial charge >= 0.3 is 7.55 Å². The maximum atomic E-state index is 4.41. The second-order valence-electron chi connectivity index (χ2n) is 4.52. The van der Waals surface area contributed by atoms with Gasteiger partial charge in [0.1, 0.15) is 11.6 Å². The zero-order valence-corrected chi connectivity index (χ0v) is 13.7. The summed E-state index contributed by atoms with van der Waals surface area (Å²) in [4.78, 5) is 12.8. The molecular weight excluding hydrogens is 427 g/mol. The second-order valence-corrected chi connectivity index (χ2v) is 4.52. The van der Waals surface area contributed by atoms with Gasteiger partial charge in [-0.1, -0.05) is 12.1 Å². The van der Waals surface area contributed by atoms with Gasteiger partial charge in [-0.05, 0) is 37.1 Å². The van der Waals surface area contributed by atoms with E-state index >= 15 is 0 Å². The van der Waals surface area contributed by atoms with Crippen molar-refractivity contribution in [2.75, 3.05) is 9.62 Å². The van der Waals surface area contributed by atoms with Crippen LogP contribution in [-0.4, -0.2) is 17.5 Å². The first kappa shape index (κ1) is 14.8. The molecule has 3 rings (SSSR count). The molecule has 0 fully saturated rings. The summed E-state index contributed by atoms with van der Waals surface area (Å²) in [7, 11) is 1.99. The van der Waals surface area contributed by atoms with Crippen molar-refractivity contribution in [1.29, 1.82) is 0 Å². The Morgan fingerprint density at radius 3 is 1.70 bits per heavy atom. The quantitative estimate of drug-likeness (QED) is 0.671. The van der Waals surface area contributed by atoms with Crippen LogP contribution in [0.1, 0.15) is 11.1 Å². The van der Waals surface area contributed by atoms with Gasteiger partial charge in [-0.3, -0.25) is 0 Å². The SMILES string of the molecule is Cc1cccnc1N1[B]N(c2ncccc2C)C=C1.[Ir]. The summed E-state index contributed by atoms with van der Waals surface area (Å²) in [5.41, 5.74) is 2.28. The van der Waals surface area contributed by atoms with Crippen molar-refractivity contribution in [1.82, 2.24) is 9.97 Å². The van der Waals surface area contributed by atoms with Gasteiger partial charge in [0.2, 0.25) is 0 Å². The molecule has 0 aliphatic carbocycles. The molecule has 1 aliphatic rings. The van der Waals surface area contributed by atoms with Crippen LogP contribution in [-0.2, 0) is 20.1 Å². The second kappa shape index (κ2) is 6.20. The van der Waals surface area contributed by atoms with Gasteiger partial charge in [-0.15, -0.1) is 0 Å². The van der Waals surface area contributed by atoms with Crippen LogP contribution < -0.4 is 9.62 Å². The third-order valence-electron chi connectivity index (χ3n) is 3.09. The Hall–Kier alpha value is -1.65. The summed E-state index contributed by atoms with van der Waals surface area (Å²) >= 11 is 0. The molecule has 102 valence electrons. The van der Waals surface area contributed by atoms with Crippen LogP contribution in [0.2, 0.25) is 0 Å². The first-order valence-corrected chi connectivity index (χ1v) is 6.19. The topological polar surface area (TPSA) is 32.3 Å².